The zero-order valence-corrected chi connectivity index (χ0v) is 17.6. The van der Waals surface area contributed by atoms with Crippen LogP contribution in [0.1, 0.15) is 17.8 Å². The van der Waals surface area contributed by atoms with Crippen molar-refractivity contribution >= 4 is 50.2 Å². The average molecular weight is 462 g/mol. The van der Waals surface area contributed by atoms with E-state index in [1.807, 2.05) is 0 Å². The van der Waals surface area contributed by atoms with E-state index in [4.69, 9.17) is 18.0 Å². The Balaban J connectivity index is 1.67. The van der Waals surface area contributed by atoms with Crippen LogP contribution in [-0.2, 0) is 15.6 Å². The maximum absolute atomic E-state index is 13.0. The first-order valence-corrected chi connectivity index (χ1v) is 11.4. The number of carbonyl (C=O) groups is 1. The predicted octanol–water partition coefficient (Wildman–Crippen LogP) is 3.16. The van der Waals surface area contributed by atoms with Gasteiger partial charge in [0.05, 0.1) is 13.1 Å². The normalized spacial score (nSPS) is 20.7. The highest BCUT2D eigenvalue weighted by atomic mass is 35.5. The molecule has 0 aromatic carbocycles. The van der Waals surface area contributed by atoms with Gasteiger partial charge in [0.25, 0.3) is 5.92 Å². The number of halogens is 3. The number of alkyl halides is 2. The van der Waals surface area contributed by atoms with Crippen molar-refractivity contribution in [1.82, 2.24) is 10.0 Å². The van der Waals surface area contributed by atoms with E-state index in [-0.39, 0.29) is 42.6 Å². The number of nitrogens with zero attached hydrogens (tertiary/aromatic N) is 3. The molecule has 1 aromatic heterocycles. The van der Waals surface area contributed by atoms with Crippen molar-refractivity contribution in [3.8, 4) is 12.3 Å². The molecule has 156 valence electrons. The summed E-state index contributed by atoms with van der Waals surface area (Å²) in [6, 6.07) is 0. The van der Waals surface area contributed by atoms with Crippen molar-refractivity contribution in [2.45, 2.75) is 18.8 Å². The minimum absolute atomic E-state index is 0.0226. The molecular formula is C18H18ClF2N3O3S2. The SMILES string of the molecule is C#CCN(C(=O)CCS(=O)CC1CC1(F)F)c1sc(C2=CC=CN(O)C2)nc1Cl. The standard InChI is InChI=1S/C18H18ClF2N3O3S2/c1-2-6-24(14(25)5-8-29(27)11-13-9-18(13,20)21)17-15(19)22-16(28-17)12-4-3-7-23(26)10-12/h1,3-4,7,13,26H,5-6,8-11H2. The molecule has 1 aliphatic carbocycles. The summed E-state index contributed by atoms with van der Waals surface area (Å²) >= 11 is 7.37. The molecule has 2 aliphatic rings. The van der Waals surface area contributed by atoms with Crippen LogP contribution in [0.2, 0.25) is 5.15 Å². The van der Waals surface area contributed by atoms with Gasteiger partial charge in [-0.25, -0.2) is 13.8 Å². The second kappa shape index (κ2) is 8.92. The second-order valence-corrected chi connectivity index (χ2v) is 9.61. The Morgan fingerprint density at radius 1 is 1.59 bits per heavy atom. The summed E-state index contributed by atoms with van der Waals surface area (Å²) in [6.07, 6.45) is 9.94. The number of aromatic nitrogens is 1. The molecule has 0 bridgehead atoms. The van der Waals surface area contributed by atoms with Crippen LogP contribution < -0.4 is 4.90 Å². The van der Waals surface area contributed by atoms with Crippen molar-refractivity contribution in [2.75, 3.05) is 29.5 Å². The summed E-state index contributed by atoms with van der Waals surface area (Å²) in [6.45, 7) is 0.159. The number of hydrogen-bond donors (Lipinski definition) is 1. The van der Waals surface area contributed by atoms with Gasteiger partial charge in [-0.3, -0.25) is 24.2 Å². The number of terminal acetylenes is 1. The summed E-state index contributed by atoms with van der Waals surface area (Å²) in [5, 5.41) is 11.6. The zero-order chi connectivity index (χ0) is 21.2. The molecule has 0 radical (unpaired) electrons. The van der Waals surface area contributed by atoms with Gasteiger partial charge in [0.15, 0.2) is 5.15 Å². The van der Waals surface area contributed by atoms with Crippen molar-refractivity contribution in [3.63, 3.8) is 0 Å². The van der Waals surface area contributed by atoms with Gasteiger partial charge >= 0.3 is 0 Å². The highest BCUT2D eigenvalue weighted by Gasteiger charge is 2.57. The Hall–Kier alpha value is -1.80. The second-order valence-electron chi connectivity index (χ2n) is 6.65. The molecule has 1 amide bonds. The van der Waals surface area contributed by atoms with Gasteiger partial charge in [0.2, 0.25) is 5.91 Å². The predicted molar refractivity (Wildman–Crippen MR) is 109 cm³/mol. The fourth-order valence-corrected chi connectivity index (χ4v) is 5.46. The minimum Gasteiger partial charge on any atom is -0.289 e. The van der Waals surface area contributed by atoms with Gasteiger partial charge in [0, 0.05) is 52.8 Å². The lowest BCUT2D eigenvalue weighted by Crippen LogP contribution is -2.32. The summed E-state index contributed by atoms with van der Waals surface area (Å²) in [4.78, 5) is 18.2. The third kappa shape index (κ3) is 5.42. The van der Waals surface area contributed by atoms with Crippen LogP contribution >= 0.6 is 22.9 Å². The van der Waals surface area contributed by atoms with E-state index in [0.717, 1.165) is 16.4 Å². The van der Waals surface area contributed by atoms with Crippen LogP contribution in [0.15, 0.2) is 18.4 Å². The fraction of sp³-hybridized carbons (Fsp3) is 0.444. The summed E-state index contributed by atoms with van der Waals surface area (Å²) in [5.74, 6) is -1.74. The van der Waals surface area contributed by atoms with Gasteiger partial charge in [-0.1, -0.05) is 34.9 Å². The van der Waals surface area contributed by atoms with E-state index < -0.39 is 28.5 Å². The lowest BCUT2D eigenvalue weighted by atomic mass is 10.2. The third-order valence-electron chi connectivity index (χ3n) is 4.41. The number of anilines is 1. The molecule has 2 unspecified atom stereocenters. The molecule has 3 rings (SSSR count). The van der Waals surface area contributed by atoms with Gasteiger partial charge in [-0.15, -0.1) is 6.42 Å². The molecule has 11 heteroatoms. The first kappa shape index (κ1) is 21.9. The van der Waals surface area contributed by atoms with Gasteiger partial charge in [-0.2, -0.15) is 0 Å². The van der Waals surface area contributed by atoms with Crippen LogP contribution in [0.4, 0.5) is 13.8 Å². The average Bonchev–Trinajstić information content (AvgIpc) is 3.07. The molecule has 2 atom stereocenters. The number of amides is 1. The number of carbonyl (C=O) groups excluding carboxylic acids is 1. The molecule has 6 nitrogen and oxygen atoms in total. The maximum Gasteiger partial charge on any atom is 0.252 e. The maximum atomic E-state index is 13.0. The van der Waals surface area contributed by atoms with Crippen molar-refractivity contribution in [2.24, 2.45) is 5.92 Å². The minimum atomic E-state index is -2.73. The number of allylic oxidation sites excluding steroid dienone is 2. The lowest BCUT2D eigenvalue weighted by Gasteiger charge is -2.18. The quantitative estimate of drug-likeness (QED) is 0.602. The van der Waals surface area contributed by atoms with Crippen LogP contribution in [0.25, 0.3) is 5.57 Å². The smallest absolute Gasteiger partial charge is 0.252 e. The Labute approximate surface area is 178 Å². The molecule has 0 spiro atoms. The first-order chi connectivity index (χ1) is 13.7. The van der Waals surface area contributed by atoms with Gasteiger partial charge in [-0.05, 0) is 6.08 Å². The van der Waals surface area contributed by atoms with Crippen LogP contribution in [0.3, 0.4) is 0 Å². The molecular weight excluding hydrogens is 444 g/mol. The Kier molecular flexibility index (Phi) is 6.73. The van der Waals surface area contributed by atoms with E-state index in [1.165, 1.54) is 11.1 Å². The van der Waals surface area contributed by atoms with E-state index in [9.17, 15) is 23.0 Å². The summed E-state index contributed by atoms with van der Waals surface area (Å²) in [7, 11) is -1.51. The Morgan fingerprint density at radius 3 is 2.93 bits per heavy atom. The lowest BCUT2D eigenvalue weighted by molar-refractivity contribution is -0.118. The molecule has 2 heterocycles. The molecule has 1 N–H and O–H groups in total. The highest BCUT2D eigenvalue weighted by molar-refractivity contribution is 7.85. The van der Waals surface area contributed by atoms with E-state index in [2.05, 4.69) is 10.9 Å². The van der Waals surface area contributed by atoms with Crippen LogP contribution in [0, 0.1) is 18.3 Å². The molecule has 1 fully saturated rings. The first-order valence-electron chi connectivity index (χ1n) is 8.67. The van der Waals surface area contributed by atoms with Crippen molar-refractivity contribution in [3.05, 3.63) is 28.5 Å². The number of hydrogen-bond acceptors (Lipinski definition) is 6. The summed E-state index contributed by atoms with van der Waals surface area (Å²) in [5.41, 5.74) is 0.715. The van der Waals surface area contributed by atoms with Gasteiger partial charge < -0.3 is 0 Å². The van der Waals surface area contributed by atoms with Crippen molar-refractivity contribution < 1.29 is 23.0 Å². The molecule has 0 saturated heterocycles. The van der Waals surface area contributed by atoms with Gasteiger partial charge in [0.1, 0.15) is 10.0 Å². The molecule has 1 saturated carbocycles. The number of thiazole rings is 1. The topological polar surface area (TPSA) is 73.7 Å². The Bertz CT molecular complexity index is 926. The van der Waals surface area contributed by atoms with E-state index in [1.54, 1.807) is 12.2 Å². The van der Waals surface area contributed by atoms with Crippen LogP contribution in [-0.4, -0.2) is 55.9 Å². The van der Waals surface area contributed by atoms with E-state index in [0.29, 0.717) is 15.6 Å². The van der Waals surface area contributed by atoms with Crippen LogP contribution in [0.5, 0.6) is 0 Å². The monoisotopic (exact) mass is 461 g/mol. The van der Waals surface area contributed by atoms with Crippen molar-refractivity contribution in [1.29, 1.82) is 0 Å². The number of rotatable bonds is 8. The third-order valence-corrected chi connectivity index (χ3v) is 7.38. The molecule has 29 heavy (non-hydrogen) atoms. The zero-order valence-electron chi connectivity index (χ0n) is 15.2. The molecule has 1 aliphatic heterocycles. The molecule has 1 aromatic rings. The highest BCUT2D eigenvalue weighted by Crippen LogP contribution is 2.48. The Morgan fingerprint density at radius 2 is 2.31 bits per heavy atom. The summed E-state index contributed by atoms with van der Waals surface area (Å²) < 4.78 is 37.9. The fourth-order valence-electron chi connectivity index (χ4n) is 2.73. The van der Waals surface area contributed by atoms with E-state index >= 15 is 0 Å². The number of hydroxylamine groups is 2. The largest absolute Gasteiger partial charge is 0.289 e.